The highest BCUT2D eigenvalue weighted by Gasteiger charge is 2.10. The van der Waals surface area contributed by atoms with E-state index in [-0.39, 0.29) is 16.6 Å². The molecule has 2 aromatic rings. The summed E-state index contributed by atoms with van der Waals surface area (Å²) in [4.78, 5) is 13.1. The number of carbonyl (C=O) groups excluding carboxylic acids is 1. The van der Waals surface area contributed by atoms with Gasteiger partial charge in [-0.25, -0.2) is 8.78 Å². The van der Waals surface area contributed by atoms with Gasteiger partial charge in [-0.05, 0) is 30.3 Å². The molecule has 2 rings (SSSR count). The predicted molar refractivity (Wildman–Crippen MR) is 93.1 cm³/mol. The van der Waals surface area contributed by atoms with Crippen LogP contribution in [0.25, 0.3) is 0 Å². The number of thioether (sulfide) groups is 2. The first kappa shape index (κ1) is 17.6. The van der Waals surface area contributed by atoms with Gasteiger partial charge in [0.1, 0.15) is 11.6 Å². The van der Waals surface area contributed by atoms with Crippen LogP contribution in [0.5, 0.6) is 0 Å². The number of para-hydroxylation sites is 1. The van der Waals surface area contributed by atoms with E-state index in [0.29, 0.717) is 5.69 Å². The zero-order valence-corrected chi connectivity index (χ0v) is 13.9. The quantitative estimate of drug-likeness (QED) is 0.564. The molecule has 6 heteroatoms. The zero-order chi connectivity index (χ0) is 16.7. The van der Waals surface area contributed by atoms with Crippen molar-refractivity contribution in [3.8, 4) is 0 Å². The number of rotatable bonds is 7. The highest BCUT2D eigenvalue weighted by atomic mass is 32.2. The van der Waals surface area contributed by atoms with Crippen LogP contribution in [0.2, 0.25) is 0 Å². The first-order valence-electron chi connectivity index (χ1n) is 6.80. The van der Waals surface area contributed by atoms with Crippen molar-refractivity contribution in [3.63, 3.8) is 0 Å². The molecule has 23 heavy (non-hydrogen) atoms. The lowest BCUT2D eigenvalue weighted by molar-refractivity contribution is -0.113. The van der Waals surface area contributed by atoms with E-state index in [1.807, 2.05) is 18.2 Å². The molecule has 0 aromatic heterocycles. The van der Waals surface area contributed by atoms with Gasteiger partial charge in [-0.2, -0.15) is 0 Å². The summed E-state index contributed by atoms with van der Waals surface area (Å²) in [6, 6.07) is 10.6. The van der Waals surface area contributed by atoms with Crippen molar-refractivity contribution in [3.05, 3.63) is 66.8 Å². The molecule has 0 radical (unpaired) electrons. The molecule has 0 unspecified atom stereocenters. The monoisotopic (exact) mass is 351 g/mol. The van der Waals surface area contributed by atoms with E-state index in [9.17, 15) is 13.6 Å². The van der Waals surface area contributed by atoms with Crippen LogP contribution in [0.3, 0.4) is 0 Å². The molecule has 0 heterocycles. The average molecular weight is 351 g/mol. The average Bonchev–Trinajstić information content (AvgIpc) is 2.55. The fourth-order valence-corrected chi connectivity index (χ4v) is 3.27. The first-order valence-corrected chi connectivity index (χ1v) is 8.77. The fraction of sp³-hybridized carbons (Fsp3) is 0.118. The third-order valence-electron chi connectivity index (χ3n) is 2.77. The van der Waals surface area contributed by atoms with Gasteiger partial charge in [0.25, 0.3) is 0 Å². The van der Waals surface area contributed by atoms with Crippen LogP contribution < -0.4 is 5.32 Å². The van der Waals surface area contributed by atoms with Crippen molar-refractivity contribution in [1.82, 2.24) is 0 Å². The number of halogens is 2. The molecule has 1 amide bonds. The molecule has 1 N–H and O–H groups in total. The minimum atomic E-state index is -0.536. The van der Waals surface area contributed by atoms with Crippen LogP contribution in [-0.4, -0.2) is 17.4 Å². The standard InChI is InChI=1S/C17H15F2NOS2/c1-2-9-22-15-6-4-3-5-14(15)20-17(21)11-23-16-10-12(18)7-8-13(16)19/h2-8,10H,1,9,11H2,(H,20,21). The molecular formula is C17H15F2NOS2. The Hall–Kier alpha value is -1.79. The van der Waals surface area contributed by atoms with Crippen molar-refractivity contribution >= 4 is 35.1 Å². The van der Waals surface area contributed by atoms with Gasteiger partial charge in [-0.15, -0.1) is 30.1 Å². The van der Waals surface area contributed by atoms with Crippen LogP contribution in [0.15, 0.2) is 64.9 Å². The van der Waals surface area contributed by atoms with Crippen molar-refractivity contribution < 1.29 is 13.6 Å². The van der Waals surface area contributed by atoms with Crippen LogP contribution in [0.4, 0.5) is 14.5 Å². The normalized spacial score (nSPS) is 10.3. The minimum absolute atomic E-state index is 0.000826. The summed E-state index contributed by atoms with van der Waals surface area (Å²) >= 11 is 2.52. The Kier molecular flexibility index (Phi) is 6.67. The molecule has 2 nitrogen and oxygen atoms in total. The summed E-state index contributed by atoms with van der Waals surface area (Å²) in [5.41, 5.74) is 0.699. The third-order valence-corrected chi connectivity index (χ3v) is 4.87. The van der Waals surface area contributed by atoms with Gasteiger partial charge in [0, 0.05) is 15.5 Å². The Morgan fingerprint density at radius 1 is 1.13 bits per heavy atom. The van der Waals surface area contributed by atoms with E-state index < -0.39 is 11.6 Å². The maximum absolute atomic E-state index is 13.5. The number of benzene rings is 2. The van der Waals surface area contributed by atoms with Crippen molar-refractivity contribution in [2.45, 2.75) is 9.79 Å². The lowest BCUT2D eigenvalue weighted by atomic mass is 10.3. The van der Waals surface area contributed by atoms with E-state index >= 15 is 0 Å². The largest absolute Gasteiger partial charge is 0.324 e. The van der Waals surface area contributed by atoms with Crippen LogP contribution >= 0.6 is 23.5 Å². The molecule has 0 fully saturated rings. The lowest BCUT2D eigenvalue weighted by Gasteiger charge is -2.10. The Labute approximate surface area is 142 Å². The van der Waals surface area contributed by atoms with Gasteiger partial charge in [-0.1, -0.05) is 18.2 Å². The first-order chi connectivity index (χ1) is 11.1. The second-order valence-corrected chi connectivity index (χ2v) is 6.59. The van der Waals surface area contributed by atoms with E-state index in [4.69, 9.17) is 0 Å². The number of nitrogens with one attached hydrogen (secondary N) is 1. The Balaban J connectivity index is 1.97. The van der Waals surface area contributed by atoms with Crippen molar-refractivity contribution in [1.29, 1.82) is 0 Å². The molecule has 0 spiro atoms. The molecule has 0 saturated heterocycles. The molecule has 0 bridgehead atoms. The number of anilines is 1. The van der Waals surface area contributed by atoms with Crippen molar-refractivity contribution in [2.24, 2.45) is 0 Å². The number of hydrogen-bond donors (Lipinski definition) is 1. The summed E-state index contributed by atoms with van der Waals surface area (Å²) in [5.74, 6) is -0.603. The van der Waals surface area contributed by atoms with E-state index in [2.05, 4.69) is 11.9 Å². The second kappa shape index (κ2) is 8.74. The van der Waals surface area contributed by atoms with Crippen molar-refractivity contribution in [2.75, 3.05) is 16.8 Å². The molecule has 2 aromatic carbocycles. The SMILES string of the molecule is C=CCSc1ccccc1NC(=O)CSc1cc(F)ccc1F. The number of carbonyl (C=O) groups is 1. The van der Waals surface area contributed by atoms with Crippen LogP contribution in [0, 0.1) is 11.6 Å². The van der Waals surface area contributed by atoms with Gasteiger partial charge in [-0.3, -0.25) is 4.79 Å². The molecule has 0 aliphatic rings. The van der Waals surface area contributed by atoms with Gasteiger partial charge < -0.3 is 5.32 Å². The molecule has 0 atom stereocenters. The Morgan fingerprint density at radius 2 is 1.91 bits per heavy atom. The van der Waals surface area contributed by atoms with Gasteiger partial charge in [0.2, 0.25) is 5.91 Å². The second-order valence-electron chi connectivity index (χ2n) is 4.51. The molecule has 0 aliphatic carbocycles. The number of hydrogen-bond acceptors (Lipinski definition) is 3. The topological polar surface area (TPSA) is 29.1 Å². The Bertz CT molecular complexity index is 707. The van der Waals surface area contributed by atoms with E-state index in [0.717, 1.165) is 40.6 Å². The summed E-state index contributed by atoms with van der Waals surface area (Å²) in [7, 11) is 0. The molecular weight excluding hydrogens is 336 g/mol. The highest BCUT2D eigenvalue weighted by molar-refractivity contribution is 8.00. The molecule has 120 valence electrons. The summed E-state index contributed by atoms with van der Waals surface area (Å²) < 4.78 is 26.6. The smallest absolute Gasteiger partial charge is 0.234 e. The summed E-state index contributed by atoms with van der Waals surface area (Å²) in [5, 5.41) is 2.79. The number of amides is 1. The third kappa shape index (κ3) is 5.41. The van der Waals surface area contributed by atoms with E-state index in [1.165, 1.54) is 0 Å². The van der Waals surface area contributed by atoms with Crippen LogP contribution in [0.1, 0.15) is 0 Å². The maximum Gasteiger partial charge on any atom is 0.234 e. The van der Waals surface area contributed by atoms with Gasteiger partial charge >= 0.3 is 0 Å². The molecule has 0 aliphatic heterocycles. The minimum Gasteiger partial charge on any atom is -0.324 e. The fourth-order valence-electron chi connectivity index (χ4n) is 1.76. The maximum atomic E-state index is 13.5. The highest BCUT2D eigenvalue weighted by Crippen LogP contribution is 2.28. The zero-order valence-electron chi connectivity index (χ0n) is 12.2. The summed E-state index contributed by atoms with van der Waals surface area (Å²) in [6.45, 7) is 3.67. The molecule has 0 saturated carbocycles. The summed E-state index contributed by atoms with van der Waals surface area (Å²) in [6.07, 6.45) is 1.78. The van der Waals surface area contributed by atoms with Gasteiger partial charge in [0.05, 0.1) is 11.4 Å². The predicted octanol–water partition coefficient (Wildman–Crippen LogP) is 4.97. The Morgan fingerprint density at radius 3 is 2.70 bits per heavy atom. The van der Waals surface area contributed by atoms with E-state index in [1.54, 1.807) is 23.9 Å². The van der Waals surface area contributed by atoms with Crippen LogP contribution in [-0.2, 0) is 4.79 Å². The lowest BCUT2D eigenvalue weighted by Crippen LogP contribution is -2.14. The van der Waals surface area contributed by atoms with Gasteiger partial charge in [0.15, 0.2) is 0 Å².